The predicted molar refractivity (Wildman–Crippen MR) is 57.3 cm³/mol. The minimum absolute atomic E-state index is 0.0316. The maximum Gasteiger partial charge on any atom is 0.136 e. The molecule has 0 heterocycles. The van der Waals surface area contributed by atoms with Gasteiger partial charge in [-0.25, -0.2) is 0 Å². The third-order valence-electron chi connectivity index (χ3n) is 4.77. The van der Waals surface area contributed by atoms with E-state index in [-0.39, 0.29) is 5.56 Å². The molecule has 4 fully saturated rings. The summed E-state index contributed by atoms with van der Waals surface area (Å²) in [5.74, 6) is 2.91. The molecule has 0 aromatic heterocycles. The van der Waals surface area contributed by atoms with E-state index in [1.165, 1.54) is 38.5 Å². The summed E-state index contributed by atoms with van der Waals surface area (Å²) in [4.78, 5) is 0. The van der Waals surface area contributed by atoms with Crippen LogP contribution < -0.4 is 0 Å². The van der Waals surface area contributed by atoms with E-state index < -0.39 is 0 Å². The van der Waals surface area contributed by atoms with Gasteiger partial charge in [0.15, 0.2) is 0 Å². The molecule has 4 rings (SSSR count). The topological polar surface area (TPSA) is 9.23 Å². The van der Waals surface area contributed by atoms with Crippen molar-refractivity contribution in [3.63, 3.8) is 0 Å². The van der Waals surface area contributed by atoms with Crippen LogP contribution in [0.3, 0.4) is 0 Å². The van der Waals surface area contributed by atoms with Crippen LogP contribution in [0.2, 0.25) is 0 Å². The lowest BCUT2D eigenvalue weighted by atomic mass is 9.50. The third-order valence-corrected chi connectivity index (χ3v) is 5.42. The molecular weight excluding hydrogens is 196 g/mol. The monoisotopic (exact) mass is 214 g/mol. The number of ether oxygens (including phenoxy) is 1. The molecule has 4 bridgehead atoms. The molecule has 0 amide bonds. The van der Waals surface area contributed by atoms with Gasteiger partial charge in [-0.2, -0.15) is 0 Å². The van der Waals surface area contributed by atoms with Gasteiger partial charge in [-0.15, -0.1) is 0 Å². The zero-order chi connectivity index (χ0) is 9.76. The Kier molecular flexibility index (Phi) is 2.11. The van der Waals surface area contributed by atoms with Crippen molar-refractivity contribution in [2.24, 2.45) is 23.2 Å². The van der Waals surface area contributed by atoms with Gasteiger partial charge in [0.2, 0.25) is 0 Å². The standard InChI is InChI=1S/C12H19ClO/c1-14-11(13)12-5-8-2-9(6-12)4-10(3-8)7-12/h8-11H,2-7H2,1H3. The maximum atomic E-state index is 6.36. The highest BCUT2D eigenvalue weighted by Crippen LogP contribution is 2.62. The van der Waals surface area contributed by atoms with Crippen molar-refractivity contribution >= 4 is 11.6 Å². The molecule has 1 nitrogen and oxygen atoms in total. The van der Waals surface area contributed by atoms with E-state index in [9.17, 15) is 0 Å². The quantitative estimate of drug-likeness (QED) is 0.641. The summed E-state index contributed by atoms with van der Waals surface area (Å²) < 4.78 is 5.40. The van der Waals surface area contributed by atoms with Gasteiger partial charge in [0, 0.05) is 12.5 Å². The number of hydrogen-bond donors (Lipinski definition) is 0. The second kappa shape index (κ2) is 3.12. The van der Waals surface area contributed by atoms with Gasteiger partial charge in [-0.3, -0.25) is 0 Å². The maximum absolute atomic E-state index is 6.36. The highest BCUT2D eigenvalue weighted by Gasteiger charge is 2.54. The molecule has 1 atom stereocenters. The fourth-order valence-electron chi connectivity index (χ4n) is 4.71. The first-order chi connectivity index (χ1) is 6.72. The Hall–Kier alpha value is 0.250. The Labute approximate surface area is 91.2 Å². The SMILES string of the molecule is COC(Cl)C12CC3CC(CC(C3)C1)C2. The van der Waals surface area contributed by atoms with Crippen LogP contribution in [-0.4, -0.2) is 12.7 Å². The van der Waals surface area contributed by atoms with Gasteiger partial charge in [0.25, 0.3) is 0 Å². The summed E-state index contributed by atoms with van der Waals surface area (Å²) in [5, 5.41) is 0. The first-order valence-corrected chi connectivity index (χ1v) is 6.32. The van der Waals surface area contributed by atoms with Crippen LogP contribution in [-0.2, 0) is 4.74 Å². The third kappa shape index (κ3) is 1.25. The van der Waals surface area contributed by atoms with E-state index in [0.717, 1.165) is 17.8 Å². The van der Waals surface area contributed by atoms with Gasteiger partial charge in [0.05, 0.1) is 0 Å². The van der Waals surface area contributed by atoms with E-state index in [0.29, 0.717) is 5.41 Å². The molecule has 80 valence electrons. The number of rotatable bonds is 2. The zero-order valence-corrected chi connectivity index (χ0v) is 9.59. The molecule has 0 saturated heterocycles. The van der Waals surface area contributed by atoms with E-state index >= 15 is 0 Å². The predicted octanol–water partition coefficient (Wildman–Crippen LogP) is 3.41. The fourth-order valence-corrected chi connectivity index (χ4v) is 4.97. The lowest BCUT2D eigenvalue weighted by Gasteiger charge is -2.57. The molecule has 4 aliphatic carbocycles. The molecule has 0 N–H and O–H groups in total. The molecule has 0 aliphatic heterocycles. The molecule has 1 unspecified atom stereocenters. The highest BCUT2D eigenvalue weighted by molar-refractivity contribution is 6.20. The Morgan fingerprint density at radius 3 is 1.86 bits per heavy atom. The second-order valence-electron chi connectivity index (χ2n) is 5.83. The van der Waals surface area contributed by atoms with Crippen molar-refractivity contribution in [1.29, 1.82) is 0 Å². The van der Waals surface area contributed by atoms with Gasteiger partial charge >= 0.3 is 0 Å². The smallest absolute Gasteiger partial charge is 0.136 e. The summed E-state index contributed by atoms with van der Waals surface area (Å²) in [6.45, 7) is 0. The molecule has 2 heteroatoms. The van der Waals surface area contributed by atoms with E-state index in [4.69, 9.17) is 16.3 Å². The Bertz CT molecular complexity index is 203. The van der Waals surface area contributed by atoms with Gasteiger partial charge in [-0.1, -0.05) is 11.6 Å². The van der Waals surface area contributed by atoms with Gasteiger partial charge in [0.1, 0.15) is 5.56 Å². The Morgan fingerprint density at radius 1 is 1.07 bits per heavy atom. The van der Waals surface area contributed by atoms with Crippen molar-refractivity contribution in [2.75, 3.05) is 7.11 Å². The summed E-state index contributed by atoms with van der Waals surface area (Å²) in [6.07, 6.45) is 8.44. The lowest BCUT2D eigenvalue weighted by molar-refractivity contribution is -0.103. The zero-order valence-electron chi connectivity index (χ0n) is 8.84. The normalized spacial score (nSPS) is 52.3. The Balaban J connectivity index is 1.87. The van der Waals surface area contributed by atoms with Gasteiger partial charge < -0.3 is 4.74 Å². The van der Waals surface area contributed by atoms with Crippen LogP contribution in [0, 0.1) is 23.2 Å². The van der Waals surface area contributed by atoms with E-state index in [1.807, 2.05) is 0 Å². The summed E-state index contributed by atoms with van der Waals surface area (Å²) in [5.41, 5.74) is 0.321. The average Bonchev–Trinajstić information content (AvgIpc) is 2.14. The summed E-state index contributed by atoms with van der Waals surface area (Å²) in [7, 11) is 1.76. The fraction of sp³-hybridized carbons (Fsp3) is 1.00. The first-order valence-electron chi connectivity index (χ1n) is 5.89. The van der Waals surface area contributed by atoms with Crippen molar-refractivity contribution in [3.05, 3.63) is 0 Å². The van der Waals surface area contributed by atoms with Crippen LogP contribution in [0.1, 0.15) is 38.5 Å². The molecule has 0 aromatic rings. The second-order valence-corrected chi connectivity index (χ2v) is 6.23. The highest BCUT2D eigenvalue weighted by atomic mass is 35.5. The van der Waals surface area contributed by atoms with E-state index in [2.05, 4.69) is 0 Å². The summed E-state index contributed by atoms with van der Waals surface area (Å²) in [6, 6.07) is 0. The largest absolute Gasteiger partial charge is 0.365 e. The van der Waals surface area contributed by atoms with Crippen molar-refractivity contribution < 1.29 is 4.74 Å². The molecule has 0 aromatic carbocycles. The molecular formula is C12H19ClO. The minimum atomic E-state index is -0.0316. The first kappa shape index (κ1) is 9.47. The number of hydrogen-bond acceptors (Lipinski definition) is 1. The van der Waals surface area contributed by atoms with Crippen molar-refractivity contribution in [1.82, 2.24) is 0 Å². The number of alkyl halides is 1. The molecule has 0 radical (unpaired) electrons. The van der Waals surface area contributed by atoms with Crippen molar-refractivity contribution in [2.45, 2.75) is 44.1 Å². The molecule has 4 saturated carbocycles. The van der Waals surface area contributed by atoms with Crippen LogP contribution >= 0.6 is 11.6 Å². The van der Waals surface area contributed by atoms with Crippen LogP contribution in [0.15, 0.2) is 0 Å². The number of halogens is 1. The van der Waals surface area contributed by atoms with Gasteiger partial charge in [-0.05, 0) is 56.3 Å². The van der Waals surface area contributed by atoms with Crippen LogP contribution in [0.25, 0.3) is 0 Å². The average molecular weight is 215 g/mol. The lowest BCUT2D eigenvalue weighted by Crippen LogP contribution is -2.50. The van der Waals surface area contributed by atoms with E-state index in [1.54, 1.807) is 7.11 Å². The van der Waals surface area contributed by atoms with Crippen molar-refractivity contribution in [3.8, 4) is 0 Å². The number of methoxy groups -OCH3 is 1. The Morgan fingerprint density at radius 2 is 1.50 bits per heavy atom. The minimum Gasteiger partial charge on any atom is -0.365 e. The molecule has 0 spiro atoms. The van der Waals surface area contributed by atoms with Crippen LogP contribution in [0.4, 0.5) is 0 Å². The molecule has 4 aliphatic rings. The van der Waals surface area contributed by atoms with Crippen LogP contribution in [0.5, 0.6) is 0 Å². The molecule has 14 heavy (non-hydrogen) atoms. The summed E-state index contributed by atoms with van der Waals surface area (Å²) >= 11 is 6.36.